The number of carbonyl (C=O) groups is 1. The van der Waals surface area contributed by atoms with Crippen molar-refractivity contribution in [2.75, 3.05) is 0 Å². The summed E-state index contributed by atoms with van der Waals surface area (Å²) in [5.41, 5.74) is 7.90. The van der Waals surface area contributed by atoms with E-state index < -0.39 is 5.91 Å². The highest BCUT2D eigenvalue weighted by Crippen LogP contribution is 2.28. The molecule has 1 amide bonds. The predicted octanol–water partition coefficient (Wildman–Crippen LogP) is 3.19. The van der Waals surface area contributed by atoms with Crippen molar-refractivity contribution in [3.05, 3.63) is 59.2 Å². The van der Waals surface area contributed by atoms with E-state index in [1.807, 2.05) is 38.1 Å². The minimum atomic E-state index is -0.490. The summed E-state index contributed by atoms with van der Waals surface area (Å²) >= 11 is 0. The maximum atomic E-state index is 11.3. The van der Waals surface area contributed by atoms with Gasteiger partial charge in [-0.05, 0) is 43.2 Å². The topological polar surface area (TPSA) is 52.3 Å². The highest BCUT2D eigenvalue weighted by Gasteiger charge is 2.10. The summed E-state index contributed by atoms with van der Waals surface area (Å²) in [6.45, 7) is 4.00. The number of ether oxygens (including phenoxy) is 1. The fourth-order valence-electron chi connectivity index (χ4n) is 1.71. The lowest BCUT2D eigenvalue weighted by Crippen LogP contribution is -2.12. The van der Waals surface area contributed by atoms with Gasteiger partial charge in [-0.25, -0.2) is 0 Å². The first-order valence-corrected chi connectivity index (χ1v) is 5.72. The van der Waals surface area contributed by atoms with E-state index in [0.29, 0.717) is 11.3 Å². The molecule has 2 N–H and O–H groups in total. The summed E-state index contributed by atoms with van der Waals surface area (Å²) < 4.78 is 5.78. The number of hydrogen-bond donors (Lipinski definition) is 1. The quantitative estimate of drug-likeness (QED) is 0.897. The Morgan fingerprint density at radius 1 is 1.00 bits per heavy atom. The van der Waals surface area contributed by atoms with Crippen molar-refractivity contribution in [3.63, 3.8) is 0 Å². The first kappa shape index (κ1) is 12.2. The van der Waals surface area contributed by atoms with Gasteiger partial charge in [0.2, 0.25) is 0 Å². The number of hydrogen-bond acceptors (Lipinski definition) is 2. The SMILES string of the molecule is Cc1cccc(Oc2ccccc2C(N)=O)c1C. The number of rotatable bonds is 3. The zero-order valence-corrected chi connectivity index (χ0v) is 10.4. The van der Waals surface area contributed by atoms with Crippen LogP contribution in [0.5, 0.6) is 11.5 Å². The molecule has 0 heterocycles. The van der Waals surface area contributed by atoms with Crippen LogP contribution >= 0.6 is 0 Å². The Kier molecular flexibility index (Phi) is 3.33. The average molecular weight is 241 g/mol. The van der Waals surface area contributed by atoms with Gasteiger partial charge in [-0.1, -0.05) is 24.3 Å². The van der Waals surface area contributed by atoms with E-state index in [1.165, 1.54) is 0 Å². The molecule has 0 spiro atoms. The van der Waals surface area contributed by atoms with Gasteiger partial charge in [-0.2, -0.15) is 0 Å². The van der Waals surface area contributed by atoms with E-state index in [1.54, 1.807) is 18.2 Å². The second-order valence-electron chi connectivity index (χ2n) is 4.16. The second-order valence-corrected chi connectivity index (χ2v) is 4.16. The molecule has 0 bridgehead atoms. The molecule has 0 aliphatic rings. The largest absolute Gasteiger partial charge is 0.456 e. The third-order valence-corrected chi connectivity index (χ3v) is 2.93. The number of para-hydroxylation sites is 1. The molecular formula is C15H15NO2. The standard InChI is InChI=1S/C15H15NO2/c1-10-6-5-9-13(11(10)2)18-14-8-4-3-7-12(14)15(16)17/h3-9H,1-2H3,(H2,16,17). The average Bonchev–Trinajstić information content (AvgIpc) is 2.35. The fraction of sp³-hybridized carbons (Fsp3) is 0.133. The molecule has 2 rings (SSSR count). The highest BCUT2D eigenvalue weighted by atomic mass is 16.5. The number of carbonyl (C=O) groups excluding carboxylic acids is 1. The van der Waals surface area contributed by atoms with Crippen LogP contribution in [-0.2, 0) is 0 Å². The highest BCUT2D eigenvalue weighted by molar-refractivity contribution is 5.95. The normalized spacial score (nSPS) is 10.1. The molecule has 92 valence electrons. The Bertz CT molecular complexity index is 591. The molecule has 0 aliphatic heterocycles. The Morgan fingerprint density at radius 2 is 1.67 bits per heavy atom. The summed E-state index contributed by atoms with van der Waals surface area (Å²) in [6.07, 6.45) is 0. The van der Waals surface area contributed by atoms with Crippen LogP contribution in [0.3, 0.4) is 0 Å². The molecule has 0 saturated heterocycles. The van der Waals surface area contributed by atoms with Gasteiger partial charge in [0.05, 0.1) is 5.56 Å². The van der Waals surface area contributed by atoms with Crippen molar-refractivity contribution in [3.8, 4) is 11.5 Å². The summed E-state index contributed by atoms with van der Waals surface area (Å²) in [5, 5.41) is 0. The summed E-state index contributed by atoms with van der Waals surface area (Å²) in [4.78, 5) is 11.3. The van der Waals surface area contributed by atoms with E-state index in [-0.39, 0.29) is 0 Å². The van der Waals surface area contributed by atoms with Crippen molar-refractivity contribution in [1.29, 1.82) is 0 Å². The summed E-state index contributed by atoms with van der Waals surface area (Å²) in [7, 11) is 0. The lowest BCUT2D eigenvalue weighted by atomic mass is 10.1. The van der Waals surface area contributed by atoms with Crippen molar-refractivity contribution in [2.45, 2.75) is 13.8 Å². The van der Waals surface area contributed by atoms with E-state index in [2.05, 4.69) is 0 Å². The molecule has 3 nitrogen and oxygen atoms in total. The van der Waals surface area contributed by atoms with E-state index in [0.717, 1.165) is 16.9 Å². The lowest BCUT2D eigenvalue weighted by molar-refractivity contribution is 0.0998. The molecule has 0 saturated carbocycles. The zero-order chi connectivity index (χ0) is 13.1. The Morgan fingerprint density at radius 3 is 2.39 bits per heavy atom. The Hall–Kier alpha value is -2.29. The van der Waals surface area contributed by atoms with Gasteiger partial charge in [0.15, 0.2) is 0 Å². The number of aryl methyl sites for hydroxylation is 1. The third-order valence-electron chi connectivity index (χ3n) is 2.93. The number of benzene rings is 2. The molecule has 2 aromatic carbocycles. The molecule has 0 aromatic heterocycles. The van der Waals surface area contributed by atoms with E-state index >= 15 is 0 Å². The molecule has 0 fully saturated rings. The number of primary amides is 1. The molecule has 0 unspecified atom stereocenters. The van der Waals surface area contributed by atoms with Crippen molar-refractivity contribution >= 4 is 5.91 Å². The van der Waals surface area contributed by atoms with Crippen molar-refractivity contribution < 1.29 is 9.53 Å². The second kappa shape index (κ2) is 4.92. The molecule has 18 heavy (non-hydrogen) atoms. The first-order valence-electron chi connectivity index (χ1n) is 5.72. The van der Waals surface area contributed by atoms with Gasteiger partial charge >= 0.3 is 0 Å². The predicted molar refractivity (Wildman–Crippen MR) is 70.9 cm³/mol. The minimum absolute atomic E-state index is 0.387. The first-order chi connectivity index (χ1) is 8.59. The van der Waals surface area contributed by atoms with Gasteiger partial charge in [-0.15, -0.1) is 0 Å². The van der Waals surface area contributed by atoms with Gasteiger partial charge in [0, 0.05) is 0 Å². The van der Waals surface area contributed by atoms with Crippen molar-refractivity contribution in [2.24, 2.45) is 5.73 Å². The monoisotopic (exact) mass is 241 g/mol. The van der Waals surface area contributed by atoms with Crippen LogP contribution in [0.1, 0.15) is 21.5 Å². The smallest absolute Gasteiger partial charge is 0.252 e. The number of nitrogens with two attached hydrogens (primary N) is 1. The van der Waals surface area contributed by atoms with Crippen LogP contribution in [-0.4, -0.2) is 5.91 Å². The fourth-order valence-corrected chi connectivity index (χ4v) is 1.71. The van der Waals surface area contributed by atoms with Crippen LogP contribution in [0.25, 0.3) is 0 Å². The Balaban J connectivity index is 2.40. The summed E-state index contributed by atoms with van der Waals surface area (Å²) in [6, 6.07) is 12.8. The van der Waals surface area contributed by atoms with Gasteiger partial charge < -0.3 is 10.5 Å². The molecule has 0 atom stereocenters. The molecule has 0 radical (unpaired) electrons. The lowest BCUT2D eigenvalue weighted by Gasteiger charge is -2.12. The van der Waals surface area contributed by atoms with Crippen LogP contribution < -0.4 is 10.5 Å². The van der Waals surface area contributed by atoms with Crippen LogP contribution in [0.15, 0.2) is 42.5 Å². The minimum Gasteiger partial charge on any atom is -0.456 e. The van der Waals surface area contributed by atoms with E-state index in [4.69, 9.17) is 10.5 Å². The van der Waals surface area contributed by atoms with E-state index in [9.17, 15) is 4.79 Å². The molecule has 2 aromatic rings. The van der Waals surface area contributed by atoms with Crippen LogP contribution in [0, 0.1) is 13.8 Å². The zero-order valence-electron chi connectivity index (χ0n) is 10.4. The third kappa shape index (κ3) is 2.35. The van der Waals surface area contributed by atoms with Crippen molar-refractivity contribution in [1.82, 2.24) is 0 Å². The van der Waals surface area contributed by atoms with Gasteiger partial charge in [0.1, 0.15) is 11.5 Å². The maximum absolute atomic E-state index is 11.3. The molecular weight excluding hydrogens is 226 g/mol. The number of amides is 1. The van der Waals surface area contributed by atoms with Gasteiger partial charge in [0.25, 0.3) is 5.91 Å². The maximum Gasteiger partial charge on any atom is 0.252 e. The van der Waals surface area contributed by atoms with Gasteiger partial charge in [-0.3, -0.25) is 4.79 Å². The molecule has 0 aliphatic carbocycles. The van der Waals surface area contributed by atoms with Crippen LogP contribution in [0.4, 0.5) is 0 Å². The summed E-state index contributed by atoms with van der Waals surface area (Å²) in [5.74, 6) is 0.735. The van der Waals surface area contributed by atoms with Crippen LogP contribution in [0.2, 0.25) is 0 Å². The Labute approximate surface area is 106 Å². The molecule has 3 heteroatoms.